The van der Waals surface area contributed by atoms with E-state index in [2.05, 4.69) is 10.3 Å². The monoisotopic (exact) mass is 220 g/mol. The number of amides is 1. The maximum atomic E-state index is 11.5. The highest BCUT2D eigenvalue weighted by atomic mass is 16.4. The van der Waals surface area contributed by atoms with Gasteiger partial charge in [-0.1, -0.05) is 0 Å². The number of carbonyl (C=O) groups is 1. The molecule has 1 aromatic heterocycles. The molecule has 2 rings (SSSR count). The average molecular weight is 220 g/mol. The summed E-state index contributed by atoms with van der Waals surface area (Å²) in [4.78, 5) is 15.4. The quantitative estimate of drug-likeness (QED) is 0.595. The van der Waals surface area contributed by atoms with E-state index in [9.17, 15) is 4.79 Å². The maximum Gasteiger partial charge on any atom is 0.490 e. The molecule has 0 aliphatic heterocycles. The van der Waals surface area contributed by atoms with E-state index in [0.717, 1.165) is 12.8 Å². The predicted octanol–water partition coefficient (Wildman–Crippen LogP) is -0.582. The van der Waals surface area contributed by atoms with Gasteiger partial charge in [-0.2, -0.15) is 0 Å². The first kappa shape index (κ1) is 11.1. The Morgan fingerprint density at radius 2 is 2.25 bits per heavy atom. The lowest BCUT2D eigenvalue weighted by Crippen LogP contribution is -2.32. The van der Waals surface area contributed by atoms with Crippen LogP contribution < -0.4 is 10.8 Å². The molecule has 1 aliphatic rings. The number of anilines is 1. The number of aromatic nitrogens is 1. The highest BCUT2D eigenvalue weighted by Gasteiger charge is 2.29. The molecule has 0 unspecified atom stereocenters. The first-order valence-corrected chi connectivity index (χ1v) is 5.21. The largest absolute Gasteiger partial charge is 0.490 e. The van der Waals surface area contributed by atoms with E-state index in [-0.39, 0.29) is 11.8 Å². The molecule has 1 aromatic rings. The SMILES string of the molecule is Cc1cc(NC(=O)C2CC2)ncc1B(O)O. The molecule has 0 bridgehead atoms. The van der Waals surface area contributed by atoms with Crippen molar-refractivity contribution in [2.24, 2.45) is 5.92 Å². The Morgan fingerprint density at radius 3 is 2.75 bits per heavy atom. The van der Waals surface area contributed by atoms with Gasteiger partial charge in [-0.05, 0) is 31.4 Å². The van der Waals surface area contributed by atoms with Crippen molar-refractivity contribution in [1.82, 2.24) is 4.98 Å². The Morgan fingerprint density at radius 1 is 1.56 bits per heavy atom. The van der Waals surface area contributed by atoms with Crippen LogP contribution in [0.5, 0.6) is 0 Å². The number of pyridine rings is 1. The first-order chi connectivity index (χ1) is 7.58. The third kappa shape index (κ3) is 2.40. The zero-order valence-electron chi connectivity index (χ0n) is 8.97. The molecule has 0 saturated heterocycles. The van der Waals surface area contributed by atoms with Crippen LogP contribution in [0.2, 0.25) is 0 Å². The van der Waals surface area contributed by atoms with Gasteiger partial charge in [0.25, 0.3) is 0 Å². The van der Waals surface area contributed by atoms with E-state index in [0.29, 0.717) is 16.8 Å². The number of nitrogens with one attached hydrogen (secondary N) is 1. The van der Waals surface area contributed by atoms with Gasteiger partial charge in [0.15, 0.2) is 0 Å². The summed E-state index contributed by atoms with van der Waals surface area (Å²) in [6.07, 6.45) is 3.25. The molecular weight excluding hydrogens is 207 g/mol. The molecule has 1 saturated carbocycles. The molecule has 6 heteroatoms. The van der Waals surface area contributed by atoms with Crippen molar-refractivity contribution in [3.05, 3.63) is 17.8 Å². The minimum atomic E-state index is -1.53. The molecule has 0 spiro atoms. The number of carbonyl (C=O) groups excluding carboxylic acids is 1. The Labute approximate surface area is 93.7 Å². The average Bonchev–Trinajstić information content (AvgIpc) is 2.99. The van der Waals surface area contributed by atoms with Crippen LogP contribution in [0.15, 0.2) is 12.3 Å². The van der Waals surface area contributed by atoms with Crippen molar-refractivity contribution in [2.45, 2.75) is 19.8 Å². The normalized spacial score (nSPS) is 14.7. The lowest BCUT2D eigenvalue weighted by molar-refractivity contribution is -0.117. The molecule has 0 radical (unpaired) electrons. The summed E-state index contributed by atoms with van der Waals surface area (Å²) < 4.78 is 0. The van der Waals surface area contributed by atoms with Gasteiger partial charge in [0.2, 0.25) is 5.91 Å². The molecule has 1 heterocycles. The fourth-order valence-corrected chi connectivity index (χ4v) is 1.48. The molecule has 1 fully saturated rings. The summed E-state index contributed by atoms with van der Waals surface area (Å²) in [7, 11) is -1.53. The summed E-state index contributed by atoms with van der Waals surface area (Å²) in [6, 6.07) is 1.63. The van der Waals surface area contributed by atoms with Crippen LogP contribution in [-0.2, 0) is 4.79 Å². The summed E-state index contributed by atoms with van der Waals surface area (Å²) in [5, 5.41) is 20.7. The molecule has 1 amide bonds. The van der Waals surface area contributed by atoms with Crippen LogP contribution in [0.4, 0.5) is 5.82 Å². The first-order valence-electron chi connectivity index (χ1n) is 5.21. The van der Waals surface area contributed by atoms with Gasteiger partial charge in [0.1, 0.15) is 5.82 Å². The fraction of sp³-hybridized carbons (Fsp3) is 0.400. The van der Waals surface area contributed by atoms with Gasteiger partial charge < -0.3 is 15.4 Å². The lowest BCUT2D eigenvalue weighted by atomic mass is 9.79. The molecule has 84 valence electrons. The zero-order chi connectivity index (χ0) is 11.7. The van der Waals surface area contributed by atoms with Crippen LogP contribution in [0, 0.1) is 12.8 Å². The Hall–Kier alpha value is -1.40. The number of aryl methyl sites for hydroxylation is 1. The topological polar surface area (TPSA) is 82.5 Å². The van der Waals surface area contributed by atoms with E-state index < -0.39 is 7.12 Å². The zero-order valence-corrected chi connectivity index (χ0v) is 8.97. The molecule has 16 heavy (non-hydrogen) atoms. The minimum absolute atomic E-state index is 0.0100. The van der Waals surface area contributed by atoms with Crippen molar-refractivity contribution in [3.63, 3.8) is 0 Å². The van der Waals surface area contributed by atoms with Gasteiger partial charge in [0.05, 0.1) is 0 Å². The lowest BCUT2D eigenvalue weighted by Gasteiger charge is -2.07. The second kappa shape index (κ2) is 4.23. The summed E-state index contributed by atoms with van der Waals surface area (Å²) in [5.74, 6) is 0.577. The van der Waals surface area contributed by atoms with Crippen molar-refractivity contribution in [3.8, 4) is 0 Å². The van der Waals surface area contributed by atoms with Gasteiger partial charge in [-0.3, -0.25) is 4.79 Å². The Kier molecular flexibility index (Phi) is 2.94. The van der Waals surface area contributed by atoms with Gasteiger partial charge in [-0.15, -0.1) is 0 Å². The molecule has 3 N–H and O–H groups in total. The van der Waals surface area contributed by atoms with Gasteiger partial charge >= 0.3 is 7.12 Å². The second-order valence-corrected chi connectivity index (χ2v) is 4.06. The van der Waals surface area contributed by atoms with E-state index in [1.54, 1.807) is 13.0 Å². The minimum Gasteiger partial charge on any atom is -0.423 e. The van der Waals surface area contributed by atoms with Gasteiger partial charge in [-0.25, -0.2) is 4.98 Å². The van der Waals surface area contributed by atoms with Crippen LogP contribution in [-0.4, -0.2) is 28.1 Å². The maximum absolute atomic E-state index is 11.5. The third-order valence-electron chi connectivity index (χ3n) is 2.63. The highest BCUT2D eigenvalue weighted by Crippen LogP contribution is 2.29. The van der Waals surface area contributed by atoms with E-state index in [1.807, 2.05) is 0 Å². The van der Waals surface area contributed by atoms with Crippen molar-refractivity contribution in [1.29, 1.82) is 0 Å². The van der Waals surface area contributed by atoms with E-state index in [1.165, 1.54) is 6.20 Å². The smallest absolute Gasteiger partial charge is 0.423 e. The summed E-state index contributed by atoms with van der Waals surface area (Å²) in [6.45, 7) is 1.74. The van der Waals surface area contributed by atoms with Crippen LogP contribution in [0.1, 0.15) is 18.4 Å². The Bertz CT molecular complexity index is 419. The van der Waals surface area contributed by atoms with Crippen molar-refractivity contribution in [2.75, 3.05) is 5.32 Å². The van der Waals surface area contributed by atoms with Crippen LogP contribution in [0.3, 0.4) is 0 Å². The summed E-state index contributed by atoms with van der Waals surface area (Å²) in [5.41, 5.74) is 1.04. The number of hydrogen-bond donors (Lipinski definition) is 3. The second-order valence-electron chi connectivity index (χ2n) is 4.06. The van der Waals surface area contributed by atoms with Crippen molar-refractivity contribution >= 4 is 24.3 Å². The van der Waals surface area contributed by atoms with E-state index in [4.69, 9.17) is 10.0 Å². The molecule has 5 nitrogen and oxygen atoms in total. The third-order valence-corrected chi connectivity index (χ3v) is 2.63. The number of hydrogen-bond acceptors (Lipinski definition) is 4. The van der Waals surface area contributed by atoms with Crippen LogP contribution >= 0.6 is 0 Å². The standard InChI is InChI=1S/C10H13BN2O3/c1-6-4-9(12-5-8(6)11(15)16)13-10(14)7-2-3-7/h4-5,7,15-16H,2-3H2,1H3,(H,12,13,14). The molecule has 0 aromatic carbocycles. The molecule has 0 atom stereocenters. The fourth-order valence-electron chi connectivity index (χ4n) is 1.48. The molecular formula is C10H13BN2O3. The van der Waals surface area contributed by atoms with Crippen LogP contribution in [0.25, 0.3) is 0 Å². The number of rotatable bonds is 3. The van der Waals surface area contributed by atoms with E-state index >= 15 is 0 Å². The highest BCUT2D eigenvalue weighted by molar-refractivity contribution is 6.59. The predicted molar refractivity (Wildman–Crippen MR) is 60.2 cm³/mol. The summed E-state index contributed by atoms with van der Waals surface area (Å²) >= 11 is 0. The Balaban J connectivity index is 2.11. The number of nitrogens with zero attached hydrogens (tertiary/aromatic N) is 1. The van der Waals surface area contributed by atoms with Crippen molar-refractivity contribution < 1.29 is 14.8 Å². The molecule has 1 aliphatic carbocycles. The van der Waals surface area contributed by atoms with Gasteiger partial charge in [0, 0.05) is 17.6 Å².